The molecule has 0 spiro atoms. The van der Waals surface area contributed by atoms with Crippen molar-refractivity contribution in [2.24, 2.45) is 0 Å². The zero-order valence-electron chi connectivity index (χ0n) is 10.2. The number of likely N-dealkylation sites (N-methyl/N-ethyl adjacent to an activating group) is 1. The molecule has 1 aliphatic rings. The van der Waals surface area contributed by atoms with E-state index in [9.17, 15) is 9.50 Å². The second-order valence-corrected chi connectivity index (χ2v) is 4.45. The zero-order chi connectivity index (χ0) is 12.4. The summed E-state index contributed by atoms with van der Waals surface area (Å²) in [7, 11) is 1.85. The highest BCUT2D eigenvalue weighted by Gasteiger charge is 2.30. The third kappa shape index (κ3) is 2.28. The van der Waals surface area contributed by atoms with E-state index in [0.29, 0.717) is 17.9 Å². The standard InChI is InChI=1S/C13H18FNO2/c1-9-12(6-7-17-9)15(2)13-10(8-16)4-3-5-11(13)14/h3-5,9,12,16H,6-8H2,1-2H3. The van der Waals surface area contributed by atoms with Gasteiger partial charge in [-0.3, -0.25) is 0 Å². The van der Waals surface area contributed by atoms with Gasteiger partial charge in [0.1, 0.15) is 5.82 Å². The monoisotopic (exact) mass is 239 g/mol. The fourth-order valence-electron chi connectivity index (χ4n) is 2.48. The number of benzene rings is 1. The second-order valence-electron chi connectivity index (χ2n) is 4.45. The molecule has 2 rings (SSSR count). The Morgan fingerprint density at radius 1 is 1.53 bits per heavy atom. The predicted octanol–water partition coefficient (Wildman–Crippen LogP) is 1.93. The largest absolute Gasteiger partial charge is 0.392 e. The van der Waals surface area contributed by atoms with Gasteiger partial charge in [-0.1, -0.05) is 12.1 Å². The Morgan fingerprint density at radius 2 is 2.29 bits per heavy atom. The summed E-state index contributed by atoms with van der Waals surface area (Å²) in [6, 6.07) is 4.95. The molecule has 1 heterocycles. The number of ether oxygens (including phenoxy) is 1. The van der Waals surface area contributed by atoms with Gasteiger partial charge in [0.05, 0.1) is 24.4 Å². The lowest BCUT2D eigenvalue weighted by molar-refractivity contribution is 0.118. The zero-order valence-corrected chi connectivity index (χ0v) is 10.2. The van der Waals surface area contributed by atoms with Crippen molar-refractivity contribution in [1.82, 2.24) is 0 Å². The van der Waals surface area contributed by atoms with Crippen molar-refractivity contribution >= 4 is 5.69 Å². The first-order chi connectivity index (χ1) is 8.15. The van der Waals surface area contributed by atoms with Crippen LogP contribution in [0.3, 0.4) is 0 Å². The van der Waals surface area contributed by atoms with Gasteiger partial charge in [-0.05, 0) is 19.4 Å². The summed E-state index contributed by atoms with van der Waals surface area (Å²) in [5.74, 6) is -0.293. The molecule has 1 aromatic carbocycles. The van der Waals surface area contributed by atoms with Gasteiger partial charge >= 0.3 is 0 Å². The molecule has 2 atom stereocenters. The number of anilines is 1. The Hall–Kier alpha value is -1.13. The lowest BCUT2D eigenvalue weighted by atomic mass is 10.1. The van der Waals surface area contributed by atoms with Gasteiger partial charge in [-0.2, -0.15) is 0 Å². The molecule has 4 heteroatoms. The molecule has 0 radical (unpaired) electrons. The Balaban J connectivity index is 2.32. The second kappa shape index (κ2) is 5.02. The number of para-hydroxylation sites is 1. The Kier molecular flexibility index (Phi) is 3.64. The molecular weight excluding hydrogens is 221 g/mol. The molecule has 1 aromatic rings. The van der Waals surface area contributed by atoms with Crippen molar-refractivity contribution < 1.29 is 14.2 Å². The van der Waals surface area contributed by atoms with E-state index in [-0.39, 0.29) is 24.6 Å². The van der Waals surface area contributed by atoms with Crippen molar-refractivity contribution in [3.63, 3.8) is 0 Å². The van der Waals surface area contributed by atoms with E-state index in [1.165, 1.54) is 6.07 Å². The van der Waals surface area contributed by atoms with Crippen LogP contribution in [-0.2, 0) is 11.3 Å². The van der Waals surface area contributed by atoms with E-state index in [4.69, 9.17) is 4.74 Å². The van der Waals surface area contributed by atoms with Crippen molar-refractivity contribution in [1.29, 1.82) is 0 Å². The third-order valence-corrected chi connectivity index (χ3v) is 3.43. The first kappa shape index (κ1) is 12.3. The predicted molar refractivity (Wildman–Crippen MR) is 64.5 cm³/mol. The van der Waals surface area contributed by atoms with Crippen LogP contribution in [0, 0.1) is 5.82 Å². The third-order valence-electron chi connectivity index (χ3n) is 3.43. The van der Waals surface area contributed by atoms with Crippen LogP contribution in [0.1, 0.15) is 18.9 Å². The van der Waals surface area contributed by atoms with E-state index in [1.54, 1.807) is 12.1 Å². The van der Waals surface area contributed by atoms with Crippen LogP contribution in [0.2, 0.25) is 0 Å². The Morgan fingerprint density at radius 3 is 2.88 bits per heavy atom. The Bertz CT molecular complexity index is 397. The van der Waals surface area contributed by atoms with E-state index < -0.39 is 0 Å². The summed E-state index contributed by atoms with van der Waals surface area (Å²) in [6.45, 7) is 2.55. The van der Waals surface area contributed by atoms with E-state index in [0.717, 1.165) is 6.42 Å². The van der Waals surface area contributed by atoms with Gasteiger partial charge in [0, 0.05) is 19.2 Å². The lowest BCUT2D eigenvalue weighted by Crippen LogP contribution is -2.37. The normalized spacial score (nSPS) is 24.0. The lowest BCUT2D eigenvalue weighted by Gasteiger charge is -2.30. The molecule has 0 amide bonds. The number of hydrogen-bond acceptors (Lipinski definition) is 3. The van der Waals surface area contributed by atoms with Gasteiger partial charge in [-0.25, -0.2) is 4.39 Å². The van der Waals surface area contributed by atoms with Gasteiger partial charge in [0.15, 0.2) is 0 Å². The highest BCUT2D eigenvalue weighted by Crippen LogP contribution is 2.29. The molecule has 0 aliphatic carbocycles. The molecule has 1 fully saturated rings. The summed E-state index contributed by atoms with van der Waals surface area (Å²) in [5, 5.41) is 9.28. The number of aliphatic hydroxyl groups excluding tert-OH is 1. The molecule has 0 saturated carbocycles. The molecule has 17 heavy (non-hydrogen) atoms. The van der Waals surface area contributed by atoms with Gasteiger partial charge in [0.2, 0.25) is 0 Å². The molecule has 1 aliphatic heterocycles. The van der Waals surface area contributed by atoms with Crippen LogP contribution >= 0.6 is 0 Å². The van der Waals surface area contributed by atoms with Crippen LogP contribution in [0.5, 0.6) is 0 Å². The van der Waals surface area contributed by atoms with Crippen molar-refractivity contribution in [3.8, 4) is 0 Å². The smallest absolute Gasteiger partial charge is 0.146 e. The number of rotatable bonds is 3. The molecule has 2 unspecified atom stereocenters. The van der Waals surface area contributed by atoms with E-state index in [2.05, 4.69) is 0 Å². The van der Waals surface area contributed by atoms with Gasteiger partial charge in [-0.15, -0.1) is 0 Å². The summed E-state index contributed by atoms with van der Waals surface area (Å²) >= 11 is 0. The van der Waals surface area contributed by atoms with Crippen LogP contribution in [-0.4, -0.2) is 30.9 Å². The van der Waals surface area contributed by atoms with Gasteiger partial charge in [0.25, 0.3) is 0 Å². The summed E-state index contributed by atoms with van der Waals surface area (Å²) < 4.78 is 19.4. The summed E-state index contributed by atoms with van der Waals surface area (Å²) in [6.07, 6.45) is 0.975. The fourth-order valence-corrected chi connectivity index (χ4v) is 2.48. The van der Waals surface area contributed by atoms with Crippen molar-refractivity contribution in [3.05, 3.63) is 29.6 Å². The fraction of sp³-hybridized carbons (Fsp3) is 0.538. The molecule has 1 N–H and O–H groups in total. The minimum atomic E-state index is -0.293. The number of aliphatic hydroxyl groups is 1. The summed E-state index contributed by atoms with van der Waals surface area (Å²) in [5.41, 5.74) is 1.10. The number of hydrogen-bond donors (Lipinski definition) is 1. The summed E-state index contributed by atoms with van der Waals surface area (Å²) in [4.78, 5) is 1.89. The minimum absolute atomic E-state index is 0.0890. The maximum Gasteiger partial charge on any atom is 0.146 e. The van der Waals surface area contributed by atoms with Crippen LogP contribution in [0.4, 0.5) is 10.1 Å². The number of nitrogens with zero attached hydrogens (tertiary/aromatic N) is 1. The topological polar surface area (TPSA) is 32.7 Å². The van der Waals surface area contributed by atoms with Crippen molar-refractivity contribution in [2.45, 2.75) is 32.1 Å². The molecule has 94 valence electrons. The van der Waals surface area contributed by atoms with Crippen molar-refractivity contribution in [2.75, 3.05) is 18.6 Å². The quantitative estimate of drug-likeness (QED) is 0.875. The highest BCUT2D eigenvalue weighted by molar-refractivity contribution is 5.55. The first-order valence-electron chi connectivity index (χ1n) is 5.88. The molecule has 0 bridgehead atoms. The molecular formula is C13H18FNO2. The molecule has 3 nitrogen and oxygen atoms in total. The van der Waals surface area contributed by atoms with Gasteiger partial charge < -0.3 is 14.7 Å². The maximum absolute atomic E-state index is 13.9. The highest BCUT2D eigenvalue weighted by atomic mass is 19.1. The average molecular weight is 239 g/mol. The SMILES string of the molecule is CC1OCCC1N(C)c1c(F)cccc1CO. The first-order valence-corrected chi connectivity index (χ1v) is 5.88. The van der Waals surface area contributed by atoms with E-state index >= 15 is 0 Å². The maximum atomic E-state index is 13.9. The number of halogens is 1. The van der Waals surface area contributed by atoms with Crippen LogP contribution in [0.15, 0.2) is 18.2 Å². The average Bonchev–Trinajstić information content (AvgIpc) is 2.74. The minimum Gasteiger partial charge on any atom is -0.392 e. The van der Waals surface area contributed by atoms with Crippen LogP contribution in [0.25, 0.3) is 0 Å². The molecule has 0 aromatic heterocycles. The van der Waals surface area contributed by atoms with E-state index in [1.807, 2.05) is 18.9 Å². The van der Waals surface area contributed by atoms with Crippen LogP contribution < -0.4 is 4.90 Å². The Labute approximate surface area is 101 Å². The molecule has 1 saturated heterocycles.